The van der Waals surface area contributed by atoms with Crippen molar-refractivity contribution >= 4 is 22.4 Å². The molecule has 3 rings (SSSR count). The number of hydrogen-bond acceptors (Lipinski definition) is 4. The third-order valence-corrected chi connectivity index (χ3v) is 3.33. The van der Waals surface area contributed by atoms with E-state index in [2.05, 4.69) is 9.97 Å². The van der Waals surface area contributed by atoms with E-state index in [1.54, 1.807) is 12.1 Å². The van der Waals surface area contributed by atoms with Gasteiger partial charge in [-0.1, -0.05) is 12.1 Å². The van der Waals surface area contributed by atoms with Crippen LogP contribution in [0.5, 0.6) is 0 Å². The summed E-state index contributed by atoms with van der Waals surface area (Å²) in [7, 11) is 1.94. The smallest absolute Gasteiger partial charge is 0.139 e. The van der Waals surface area contributed by atoms with Crippen molar-refractivity contribution in [3.05, 3.63) is 60.2 Å². The topological polar surface area (TPSA) is 55.0 Å². The molecule has 5 heteroatoms. The quantitative estimate of drug-likeness (QED) is 0.750. The van der Waals surface area contributed by atoms with Crippen LogP contribution in [0.3, 0.4) is 0 Å². The monoisotopic (exact) mass is 282 g/mol. The molecule has 1 aromatic heterocycles. The molecule has 0 amide bonds. The molecule has 2 N–H and O–H groups in total. The molecule has 106 valence electrons. The van der Waals surface area contributed by atoms with Crippen LogP contribution < -0.4 is 10.6 Å². The molecule has 0 atom stereocenters. The summed E-state index contributed by atoms with van der Waals surface area (Å²) in [4.78, 5) is 10.6. The molecule has 0 saturated heterocycles. The summed E-state index contributed by atoms with van der Waals surface area (Å²) in [5, 5.41) is 0.905. The highest BCUT2D eigenvalue weighted by molar-refractivity contribution is 5.91. The van der Waals surface area contributed by atoms with Crippen LogP contribution in [0.15, 0.2) is 48.8 Å². The third-order valence-electron chi connectivity index (χ3n) is 3.33. The van der Waals surface area contributed by atoms with Crippen molar-refractivity contribution in [2.45, 2.75) is 6.54 Å². The van der Waals surface area contributed by atoms with Gasteiger partial charge in [0, 0.05) is 24.7 Å². The van der Waals surface area contributed by atoms with Gasteiger partial charge in [0.25, 0.3) is 0 Å². The summed E-state index contributed by atoms with van der Waals surface area (Å²) >= 11 is 0. The van der Waals surface area contributed by atoms with Crippen molar-refractivity contribution < 1.29 is 4.39 Å². The average molecular weight is 282 g/mol. The Balaban J connectivity index is 1.95. The summed E-state index contributed by atoms with van der Waals surface area (Å²) in [6.07, 6.45) is 1.54. The lowest BCUT2D eigenvalue weighted by Crippen LogP contribution is -2.18. The lowest BCUT2D eigenvalue weighted by molar-refractivity contribution is 0.627. The van der Waals surface area contributed by atoms with Crippen LogP contribution in [0, 0.1) is 5.82 Å². The Kier molecular flexibility index (Phi) is 3.39. The number of hydrogen-bond donors (Lipinski definition) is 1. The number of aromatic nitrogens is 2. The molecule has 0 fully saturated rings. The summed E-state index contributed by atoms with van der Waals surface area (Å²) in [5.74, 6) is 0.568. The first-order valence-electron chi connectivity index (χ1n) is 6.59. The summed E-state index contributed by atoms with van der Waals surface area (Å²) in [6, 6.07) is 12.0. The molecule has 21 heavy (non-hydrogen) atoms. The Labute approximate surface area is 122 Å². The molecule has 0 unspecified atom stereocenters. The maximum atomic E-state index is 13.0. The van der Waals surface area contributed by atoms with Crippen molar-refractivity contribution in [3.63, 3.8) is 0 Å². The molecule has 1 heterocycles. The highest BCUT2D eigenvalue weighted by Crippen LogP contribution is 2.25. The van der Waals surface area contributed by atoms with Crippen LogP contribution in [0.2, 0.25) is 0 Å². The summed E-state index contributed by atoms with van der Waals surface area (Å²) in [5.41, 5.74) is 8.38. The Morgan fingerprint density at radius 2 is 1.86 bits per heavy atom. The lowest BCUT2D eigenvalue weighted by Gasteiger charge is -2.19. The van der Waals surface area contributed by atoms with E-state index in [0.29, 0.717) is 12.2 Å². The number of halogens is 1. The maximum absolute atomic E-state index is 13.0. The predicted molar refractivity (Wildman–Crippen MR) is 82.5 cm³/mol. The second-order valence-electron chi connectivity index (χ2n) is 4.96. The van der Waals surface area contributed by atoms with Gasteiger partial charge in [-0.05, 0) is 35.9 Å². The van der Waals surface area contributed by atoms with Crippen molar-refractivity contribution in [1.29, 1.82) is 0 Å². The minimum atomic E-state index is -0.235. The van der Waals surface area contributed by atoms with Crippen LogP contribution in [0.25, 0.3) is 10.9 Å². The highest BCUT2D eigenvalue weighted by Gasteiger charge is 2.09. The Bertz CT molecular complexity index is 771. The van der Waals surface area contributed by atoms with E-state index in [4.69, 9.17) is 5.73 Å². The van der Waals surface area contributed by atoms with Gasteiger partial charge in [0.05, 0.1) is 5.52 Å². The molecule has 0 bridgehead atoms. The van der Waals surface area contributed by atoms with Crippen LogP contribution in [0.1, 0.15) is 5.56 Å². The Morgan fingerprint density at radius 1 is 1.10 bits per heavy atom. The zero-order valence-electron chi connectivity index (χ0n) is 11.6. The van der Waals surface area contributed by atoms with Gasteiger partial charge in [0.1, 0.15) is 18.0 Å². The number of rotatable bonds is 3. The summed E-state index contributed by atoms with van der Waals surface area (Å²) < 4.78 is 13.0. The van der Waals surface area contributed by atoms with Crippen molar-refractivity contribution in [2.75, 3.05) is 17.7 Å². The first kappa shape index (κ1) is 13.3. The van der Waals surface area contributed by atoms with Gasteiger partial charge in [-0.25, -0.2) is 14.4 Å². The van der Waals surface area contributed by atoms with Crippen LogP contribution in [-0.4, -0.2) is 17.0 Å². The van der Waals surface area contributed by atoms with Crippen molar-refractivity contribution in [1.82, 2.24) is 9.97 Å². The number of nitrogens with two attached hydrogens (primary N) is 1. The van der Waals surface area contributed by atoms with E-state index in [-0.39, 0.29) is 5.82 Å². The van der Waals surface area contributed by atoms with Gasteiger partial charge in [0.2, 0.25) is 0 Å². The van der Waals surface area contributed by atoms with Crippen LogP contribution >= 0.6 is 0 Å². The Hall–Kier alpha value is -2.69. The summed E-state index contributed by atoms with van der Waals surface area (Å²) in [6.45, 7) is 0.626. The molecular weight excluding hydrogens is 267 g/mol. The normalized spacial score (nSPS) is 10.8. The fourth-order valence-corrected chi connectivity index (χ4v) is 2.30. The first-order valence-corrected chi connectivity index (χ1v) is 6.59. The van der Waals surface area contributed by atoms with Crippen LogP contribution in [-0.2, 0) is 6.54 Å². The van der Waals surface area contributed by atoms with E-state index >= 15 is 0 Å². The average Bonchev–Trinajstić information content (AvgIpc) is 2.49. The third kappa shape index (κ3) is 2.76. The van der Waals surface area contributed by atoms with Gasteiger partial charge in [-0.2, -0.15) is 0 Å². The first-order chi connectivity index (χ1) is 10.1. The number of anilines is 2. The zero-order valence-corrected chi connectivity index (χ0v) is 11.6. The largest absolute Gasteiger partial charge is 0.399 e. The zero-order chi connectivity index (χ0) is 14.8. The molecule has 0 aliphatic carbocycles. The van der Waals surface area contributed by atoms with E-state index in [1.807, 2.05) is 30.1 Å². The minimum absolute atomic E-state index is 0.235. The minimum Gasteiger partial charge on any atom is -0.399 e. The number of fused-ring (bicyclic) bond motifs is 1. The second-order valence-corrected chi connectivity index (χ2v) is 4.96. The molecule has 0 aliphatic heterocycles. The molecule has 0 spiro atoms. The van der Waals surface area contributed by atoms with E-state index in [0.717, 1.165) is 22.3 Å². The molecule has 4 nitrogen and oxygen atoms in total. The van der Waals surface area contributed by atoms with E-state index in [1.165, 1.54) is 18.5 Å². The predicted octanol–water partition coefficient (Wildman–Crippen LogP) is 2.99. The van der Waals surface area contributed by atoms with E-state index in [9.17, 15) is 4.39 Å². The molecule has 3 aromatic rings. The fraction of sp³-hybridized carbons (Fsp3) is 0.125. The maximum Gasteiger partial charge on any atom is 0.139 e. The van der Waals surface area contributed by atoms with Gasteiger partial charge >= 0.3 is 0 Å². The number of benzene rings is 2. The SMILES string of the molecule is CN(Cc1ccc(F)cc1)c1ncnc2ccc(N)cc12. The van der Waals surface area contributed by atoms with Gasteiger partial charge in [0.15, 0.2) is 0 Å². The van der Waals surface area contributed by atoms with Gasteiger partial charge < -0.3 is 10.6 Å². The van der Waals surface area contributed by atoms with E-state index < -0.39 is 0 Å². The molecule has 2 aromatic carbocycles. The lowest BCUT2D eigenvalue weighted by atomic mass is 10.2. The Morgan fingerprint density at radius 3 is 2.62 bits per heavy atom. The fourth-order valence-electron chi connectivity index (χ4n) is 2.30. The van der Waals surface area contributed by atoms with Crippen molar-refractivity contribution in [2.24, 2.45) is 0 Å². The standard InChI is InChI=1S/C16H15FN4/c1-21(9-11-2-4-12(17)5-3-11)16-14-8-13(18)6-7-15(14)19-10-20-16/h2-8,10H,9,18H2,1H3. The number of nitrogens with zero attached hydrogens (tertiary/aromatic N) is 3. The number of nitrogen functional groups attached to an aromatic ring is 1. The van der Waals surface area contributed by atoms with Crippen molar-refractivity contribution in [3.8, 4) is 0 Å². The van der Waals surface area contributed by atoms with Gasteiger partial charge in [-0.3, -0.25) is 0 Å². The molecular formula is C16H15FN4. The molecule has 0 aliphatic rings. The second kappa shape index (κ2) is 5.36. The van der Waals surface area contributed by atoms with Gasteiger partial charge in [-0.15, -0.1) is 0 Å². The highest BCUT2D eigenvalue weighted by atomic mass is 19.1. The molecule has 0 saturated carbocycles. The van der Waals surface area contributed by atoms with Crippen LogP contribution in [0.4, 0.5) is 15.9 Å². The molecule has 0 radical (unpaired) electrons.